The first kappa shape index (κ1) is 102. The summed E-state index contributed by atoms with van der Waals surface area (Å²) < 4.78 is 119. The van der Waals surface area contributed by atoms with E-state index in [0.29, 0.717) is 4.57 Å². The SMILES string of the molecule is C.O=C(O)C[n+]1ccn(CC(O)(P(=O)(O)O)P(=O)(O)O)c1.O=C(O)C[n+]1ccn(CC(O)(P(=O)([O-])O)P(=O)(O)O)c1.O=C(O)C[n+]1ccn(CC(O)(P(=O)([O-])O)P(=O)([O-])O)c1.O=C(O)C[n+]1ccn(CC(O)(P(=O)([O-])O)P(=O)([O-])O)c1.O=C(O)C[n+]1ccn(CC(O)(P(=O)([O-])[O-])P(=O)([O-])[O-])c1.[CH3+].[CH3-]. The second-order valence-electron chi connectivity index (χ2n) is 19.9. The summed E-state index contributed by atoms with van der Waals surface area (Å²) >= 11 is 0. The van der Waals surface area contributed by atoms with E-state index in [2.05, 4.69) is 0 Å². The molecule has 0 radical (unpaired) electrons. The number of hydrogen-bond donors (Lipinski definition) is 21. The van der Waals surface area contributed by atoms with Crippen LogP contribution in [0, 0.1) is 14.9 Å². The first-order chi connectivity index (χ1) is 44.3. The standard InChI is InChI=1S/5C7H12N2O9P2.CH4.2CH3/c5*10-6(11)3-8-1-2-9(5-8)4-7(12,19(13,14)15)20(16,17)18;;;/h5*1-2,5,12H,3-4H2,(H4-,10,11,13,14,15,16,17,18);1H4;2*1H3/q;;;;;;-1;+1/p-4. The minimum absolute atomic E-state index is 0. The molecule has 592 valence electrons. The van der Waals surface area contributed by atoms with E-state index in [-0.39, 0.29) is 22.3 Å². The number of aliphatic hydroxyl groups is 5. The van der Waals surface area contributed by atoms with Crippen molar-refractivity contribution in [1.82, 2.24) is 22.8 Å². The summed E-state index contributed by atoms with van der Waals surface area (Å²) in [6.45, 7) is -8.52. The molecule has 65 heteroatoms. The van der Waals surface area contributed by atoms with Crippen molar-refractivity contribution in [2.24, 2.45) is 0 Å². The topological polar surface area (TPSA) is 932 Å². The molecule has 0 bridgehead atoms. The maximum Gasteiger partial charge on any atom is 0.373 e. The van der Waals surface area contributed by atoms with E-state index in [1.54, 1.807) is 0 Å². The third kappa shape index (κ3) is 28.3. The smallest absolute Gasteiger partial charge is 0.373 e. The zero-order valence-corrected chi connectivity index (χ0v) is 59.8. The molecular formula is C38H66N10O45P10-4. The number of rotatable bonds is 30. The summed E-state index contributed by atoms with van der Waals surface area (Å²) in [6, 6.07) is 0. The Bertz CT molecular complexity index is 3510. The Morgan fingerprint density at radius 2 is 0.447 bits per heavy atom. The lowest BCUT2D eigenvalue weighted by Gasteiger charge is -2.54. The van der Waals surface area contributed by atoms with Gasteiger partial charge in [-0.05, 0) is 15.2 Å². The molecule has 0 aliphatic heterocycles. The van der Waals surface area contributed by atoms with Crippen molar-refractivity contribution in [3.8, 4) is 0 Å². The normalized spacial score (nSPS) is 16.8. The Morgan fingerprint density at radius 3 is 0.583 bits per heavy atom. The minimum Gasteiger partial charge on any atom is -0.808 e. The lowest BCUT2D eigenvalue weighted by atomic mass is 10.6. The van der Waals surface area contributed by atoms with Crippen molar-refractivity contribution >= 4 is 106 Å². The number of hydrogen-bond acceptors (Lipinski definition) is 29. The zero-order valence-electron chi connectivity index (χ0n) is 50.9. The van der Waals surface area contributed by atoms with E-state index in [4.69, 9.17) is 79.4 Å². The molecule has 0 aliphatic rings. The number of imidazole rings is 5. The van der Waals surface area contributed by atoms with Crippen molar-refractivity contribution in [2.45, 2.75) is 98.3 Å². The Morgan fingerprint density at radius 1 is 0.301 bits per heavy atom. The van der Waals surface area contributed by atoms with Gasteiger partial charge in [0.1, 0.15) is 94.7 Å². The first-order valence-electron chi connectivity index (χ1n) is 24.7. The first-order valence-corrected chi connectivity index (χ1v) is 40.5. The molecule has 5 aromatic rings. The predicted octanol–water partition coefficient (Wildman–Crippen LogP) is -14.8. The molecule has 0 fully saturated rings. The predicted molar refractivity (Wildman–Crippen MR) is 306 cm³/mol. The van der Waals surface area contributed by atoms with E-state index < -0.39 is 197 Å². The van der Waals surface area contributed by atoms with Gasteiger partial charge in [0.2, 0.25) is 41.8 Å². The summed E-state index contributed by atoms with van der Waals surface area (Å²) in [4.78, 5) is 248. The minimum atomic E-state index is -6.17. The molecule has 5 aromatic heterocycles. The molecule has 0 spiro atoms. The largest absolute Gasteiger partial charge is 0.808 e. The highest BCUT2D eigenvalue weighted by molar-refractivity contribution is 7.73. The van der Waals surface area contributed by atoms with Gasteiger partial charge in [0.05, 0.1) is 0 Å². The summed E-state index contributed by atoms with van der Waals surface area (Å²) in [5.41, 5.74) is 0. The van der Waals surface area contributed by atoms with Crippen LogP contribution in [-0.4, -0.2) is 183 Å². The van der Waals surface area contributed by atoms with Gasteiger partial charge < -0.3 is 188 Å². The fraction of sp³-hybridized carbons (Fsp3) is 0.421. The van der Waals surface area contributed by atoms with Gasteiger partial charge in [-0.25, -0.2) is 69.6 Å². The van der Waals surface area contributed by atoms with Gasteiger partial charge in [-0.1, -0.05) is 7.43 Å². The average molecular weight is 1690 g/mol. The summed E-state index contributed by atoms with van der Waals surface area (Å²) in [6.07, 6.45) is 16.0. The Kier molecular flexibility index (Phi) is 36.5. The fourth-order valence-corrected chi connectivity index (χ4v) is 16.7. The number of carboxylic acid groups (broad SMARTS) is 5. The van der Waals surface area contributed by atoms with Gasteiger partial charge in [-0.3, -0.25) is 13.7 Å². The van der Waals surface area contributed by atoms with Crippen LogP contribution in [0.3, 0.4) is 0 Å². The van der Waals surface area contributed by atoms with Crippen molar-refractivity contribution in [2.75, 3.05) is 0 Å². The van der Waals surface area contributed by atoms with Gasteiger partial charge in [0, 0.05) is 7.43 Å². The molecular weight excluding hydrogens is 1630 g/mol. The van der Waals surface area contributed by atoms with Crippen molar-refractivity contribution in [1.29, 1.82) is 0 Å². The van der Waals surface area contributed by atoms with Gasteiger partial charge in [-0.15, -0.1) is 0 Å². The third-order valence-electron chi connectivity index (χ3n) is 11.8. The Balaban J connectivity index is -0.00000120. The molecule has 5 rings (SSSR count). The number of carboxylic acids is 5. The van der Waals surface area contributed by atoms with Crippen LogP contribution in [0.4, 0.5) is 0 Å². The number of aliphatic carboxylic acids is 5. The van der Waals surface area contributed by atoms with Crippen molar-refractivity contribution in [3.05, 3.63) is 108 Å². The lowest BCUT2D eigenvalue weighted by molar-refractivity contribution is -0.685. The second-order valence-corrected chi connectivity index (χ2v) is 39.5. The number of aromatic nitrogens is 10. The zero-order chi connectivity index (χ0) is 78.8. The van der Waals surface area contributed by atoms with Crippen molar-refractivity contribution < 1.29 is 241 Å². The van der Waals surface area contributed by atoms with Crippen LogP contribution in [0.2, 0.25) is 0 Å². The van der Waals surface area contributed by atoms with Crippen LogP contribution in [0.15, 0.2) is 93.6 Å². The van der Waals surface area contributed by atoms with Crippen LogP contribution >= 0.6 is 76.0 Å². The molecule has 5 heterocycles. The highest BCUT2D eigenvalue weighted by Gasteiger charge is 2.61. The van der Waals surface area contributed by atoms with E-state index in [0.717, 1.165) is 122 Å². The molecule has 6 atom stereocenters. The molecule has 103 heavy (non-hydrogen) atoms. The maximum absolute atomic E-state index is 11.1. The fourth-order valence-electron chi connectivity index (χ4n) is 6.83. The van der Waals surface area contributed by atoms with E-state index in [1.807, 2.05) is 0 Å². The summed E-state index contributed by atoms with van der Waals surface area (Å²) in [5.74, 6) is -6.05. The number of carbonyl (C=O) groups is 5. The second kappa shape index (κ2) is 36.9. The molecule has 6 unspecified atom stereocenters. The molecule has 21 N–H and O–H groups in total. The summed E-state index contributed by atoms with van der Waals surface area (Å²) in [5, 5.41) is 71.4. The van der Waals surface area contributed by atoms with E-state index in [1.165, 1.54) is 12.4 Å². The van der Waals surface area contributed by atoms with Crippen LogP contribution in [0.25, 0.3) is 0 Å². The average Bonchev–Trinajstić information content (AvgIpc) is 1.62. The van der Waals surface area contributed by atoms with Gasteiger partial charge in [-0.2, -0.15) is 0 Å². The Labute approximate surface area is 575 Å². The molecule has 0 saturated heterocycles. The van der Waals surface area contributed by atoms with Gasteiger partial charge in [0.15, 0.2) is 75.8 Å². The highest BCUT2D eigenvalue weighted by Crippen LogP contribution is 2.69. The van der Waals surface area contributed by atoms with E-state index >= 15 is 0 Å². The number of nitrogens with zero attached hydrogens (tertiary/aromatic N) is 10. The quantitative estimate of drug-likeness (QED) is 0.0115. The van der Waals surface area contributed by atoms with Crippen LogP contribution in [-0.2, 0) is 135 Å². The van der Waals surface area contributed by atoms with E-state index in [9.17, 15) is 139 Å². The molecule has 0 saturated carbocycles. The summed E-state index contributed by atoms with van der Waals surface area (Å²) in [7, 11) is -58.3. The monoisotopic (exact) mass is 1690 g/mol. The van der Waals surface area contributed by atoms with Crippen molar-refractivity contribution in [3.63, 3.8) is 0 Å². The Hall–Kier alpha value is -5.43. The molecule has 0 amide bonds. The molecule has 0 aromatic carbocycles. The van der Waals surface area contributed by atoms with Gasteiger partial charge >= 0.3 is 57.7 Å². The molecule has 55 nitrogen and oxygen atoms in total. The lowest BCUT2D eigenvalue weighted by Crippen LogP contribution is -2.48. The maximum atomic E-state index is 11.1. The van der Waals surface area contributed by atoms with Crippen LogP contribution < -0.4 is 66.9 Å². The van der Waals surface area contributed by atoms with Crippen LogP contribution in [0.1, 0.15) is 7.43 Å². The van der Waals surface area contributed by atoms with Gasteiger partial charge in [0.25, 0.3) is 5.08 Å². The highest BCUT2D eigenvalue weighted by atomic mass is 31.3. The molecule has 0 aliphatic carbocycles. The van der Waals surface area contributed by atoms with Crippen LogP contribution in [0.5, 0.6) is 0 Å². The third-order valence-corrected chi connectivity index (χ3v) is 29.9.